The fourth-order valence-corrected chi connectivity index (χ4v) is 3.54. The Hall–Kier alpha value is -2.25. The number of aromatic amines is 1. The van der Waals surface area contributed by atoms with Crippen LogP contribution in [0.2, 0.25) is 0 Å². The minimum Gasteiger partial charge on any atom is -0.357 e. The van der Waals surface area contributed by atoms with Gasteiger partial charge < -0.3 is 4.98 Å². The van der Waals surface area contributed by atoms with Crippen molar-refractivity contribution in [3.05, 3.63) is 59.2 Å². The molecule has 0 saturated carbocycles. The van der Waals surface area contributed by atoms with Crippen LogP contribution in [0.1, 0.15) is 16.8 Å². The molecular weight excluding hydrogens is 329 g/mol. The number of H-pyrrole nitrogens is 1. The van der Waals surface area contributed by atoms with Gasteiger partial charge in [0, 0.05) is 37.8 Å². The van der Waals surface area contributed by atoms with Crippen LogP contribution in [0.4, 0.5) is 4.39 Å². The maximum atomic E-state index is 13.3. The quantitative estimate of drug-likeness (QED) is 0.789. The number of nitrogens with one attached hydrogen (secondary N) is 1. The van der Waals surface area contributed by atoms with Crippen LogP contribution < -0.4 is 0 Å². The zero-order chi connectivity index (χ0) is 17.5. The molecule has 3 rings (SSSR count). The van der Waals surface area contributed by atoms with Crippen LogP contribution in [-0.4, -0.2) is 36.8 Å². The topological polar surface area (TPSA) is 66.1 Å². The summed E-state index contributed by atoms with van der Waals surface area (Å²) < 4.78 is 38.7. The predicted molar refractivity (Wildman–Crippen MR) is 90.9 cm³/mol. The van der Waals surface area contributed by atoms with Gasteiger partial charge in [0.05, 0.1) is 22.1 Å². The summed E-state index contributed by atoms with van der Waals surface area (Å²) in [5, 5.41) is 0. The molecule has 2 aromatic heterocycles. The van der Waals surface area contributed by atoms with Gasteiger partial charge >= 0.3 is 0 Å². The number of nitrogens with zero attached hydrogens (tertiary/aromatic N) is 2. The number of aryl methyl sites for hydroxylation is 1. The van der Waals surface area contributed by atoms with Crippen molar-refractivity contribution in [1.82, 2.24) is 14.3 Å². The van der Waals surface area contributed by atoms with E-state index in [0.29, 0.717) is 11.9 Å². The lowest BCUT2D eigenvalue weighted by Crippen LogP contribution is -2.22. The molecule has 7 heteroatoms. The van der Waals surface area contributed by atoms with Gasteiger partial charge in [-0.15, -0.1) is 0 Å². The Morgan fingerprint density at radius 2 is 1.88 bits per heavy atom. The molecule has 0 spiro atoms. The van der Waals surface area contributed by atoms with Crippen molar-refractivity contribution in [1.29, 1.82) is 0 Å². The van der Waals surface area contributed by atoms with Crippen molar-refractivity contribution >= 4 is 21.1 Å². The molecule has 126 valence electrons. The number of fused-ring (bicyclic) bond motifs is 1. The Balaban J connectivity index is 1.94. The van der Waals surface area contributed by atoms with Gasteiger partial charge in [0.15, 0.2) is 0 Å². The van der Waals surface area contributed by atoms with Crippen LogP contribution in [0.3, 0.4) is 0 Å². The number of rotatable bonds is 4. The zero-order valence-corrected chi connectivity index (χ0v) is 14.5. The van der Waals surface area contributed by atoms with E-state index in [0.717, 1.165) is 22.3 Å². The molecule has 1 N–H and O–H groups in total. The van der Waals surface area contributed by atoms with E-state index in [-0.39, 0.29) is 10.7 Å². The van der Waals surface area contributed by atoms with Crippen LogP contribution in [0.25, 0.3) is 11.0 Å². The largest absolute Gasteiger partial charge is 0.357 e. The third kappa shape index (κ3) is 2.92. The second-order valence-corrected chi connectivity index (χ2v) is 8.04. The summed E-state index contributed by atoms with van der Waals surface area (Å²) in [4.78, 5) is 7.56. The second-order valence-electron chi connectivity index (χ2n) is 5.89. The molecule has 2 heterocycles. The highest BCUT2D eigenvalue weighted by Gasteiger charge is 2.17. The summed E-state index contributed by atoms with van der Waals surface area (Å²) in [6, 6.07) is 8.20. The average molecular weight is 347 g/mol. The van der Waals surface area contributed by atoms with Gasteiger partial charge in [0.1, 0.15) is 5.82 Å². The fourth-order valence-electron chi connectivity index (χ4n) is 2.64. The Kier molecular flexibility index (Phi) is 4.15. The predicted octanol–water partition coefficient (Wildman–Crippen LogP) is 2.85. The van der Waals surface area contributed by atoms with E-state index >= 15 is 0 Å². The van der Waals surface area contributed by atoms with Gasteiger partial charge in [-0.25, -0.2) is 17.1 Å². The maximum Gasteiger partial charge on any atom is 0.242 e. The van der Waals surface area contributed by atoms with Crippen LogP contribution in [0, 0.1) is 12.7 Å². The first kappa shape index (κ1) is 16.6. The van der Waals surface area contributed by atoms with E-state index in [2.05, 4.69) is 9.97 Å². The molecule has 0 atom stereocenters. The lowest BCUT2D eigenvalue weighted by atomic mass is 10.0. The SMILES string of the molecule is Cc1[nH]c2cc(F)cnc2c1Cc1ccc(S(=O)(=O)N(C)C)cc1. The molecule has 0 saturated heterocycles. The molecular formula is C17H18FN3O2S. The lowest BCUT2D eigenvalue weighted by Gasteiger charge is -2.11. The molecule has 1 aromatic carbocycles. The molecule has 5 nitrogen and oxygen atoms in total. The van der Waals surface area contributed by atoms with Crippen molar-refractivity contribution in [2.24, 2.45) is 0 Å². The summed E-state index contributed by atoms with van der Waals surface area (Å²) in [5.74, 6) is -0.381. The van der Waals surface area contributed by atoms with E-state index in [4.69, 9.17) is 0 Å². The van der Waals surface area contributed by atoms with E-state index in [9.17, 15) is 12.8 Å². The molecule has 0 aliphatic heterocycles. The molecule has 0 aliphatic rings. The minimum atomic E-state index is -3.43. The van der Waals surface area contributed by atoms with Gasteiger partial charge in [-0.05, 0) is 24.6 Å². The smallest absolute Gasteiger partial charge is 0.242 e. The zero-order valence-electron chi connectivity index (χ0n) is 13.7. The van der Waals surface area contributed by atoms with Crippen molar-refractivity contribution in [3.63, 3.8) is 0 Å². The summed E-state index contributed by atoms with van der Waals surface area (Å²) in [7, 11) is -0.423. The van der Waals surface area contributed by atoms with Gasteiger partial charge in [-0.1, -0.05) is 12.1 Å². The minimum absolute atomic E-state index is 0.257. The van der Waals surface area contributed by atoms with Crippen LogP contribution in [0.5, 0.6) is 0 Å². The summed E-state index contributed by atoms with van der Waals surface area (Å²) in [6.07, 6.45) is 1.79. The number of halogens is 1. The van der Waals surface area contributed by atoms with Crippen LogP contribution in [0.15, 0.2) is 41.4 Å². The number of hydrogen-bond acceptors (Lipinski definition) is 3. The van der Waals surface area contributed by atoms with Gasteiger partial charge in [0.25, 0.3) is 0 Å². The average Bonchev–Trinajstić information content (AvgIpc) is 2.82. The Labute approximate surface area is 140 Å². The normalized spacial score (nSPS) is 12.2. The van der Waals surface area contributed by atoms with Crippen LogP contribution in [-0.2, 0) is 16.4 Å². The maximum absolute atomic E-state index is 13.3. The highest BCUT2D eigenvalue weighted by atomic mass is 32.2. The number of hydrogen-bond donors (Lipinski definition) is 1. The van der Waals surface area contributed by atoms with Crippen molar-refractivity contribution in [2.75, 3.05) is 14.1 Å². The standard InChI is InChI=1S/C17H18FN3O2S/c1-11-15(17-16(20-11)9-13(18)10-19-17)8-12-4-6-14(7-5-12)24(22,23)21(2)3/h4-7,9-10,20H,8H2,1-3H3. The number of benzene rings is 1. The van der Waals surface area contributed by atoms with Gasteiger partial charge in [0.2, 0.25) is 10.0 Å². The fraction of sp³-hybridized carbons (Fsp3) is 0.235. The first-order chi connectivity index (χ1) is 11.3. The summed E-state index contributed by atoms with van der Waals surface area (Å²) in [5.41, 5.74) is 4.26. The summed E-state index contributed by atoms with van der Waals surface area (Å²) >= 11 is 0. The third-order valence-corrected chi connectivity index (χ3v) is 5.83. The molecule has 0 radical (unpaired) electrons. The number of aromatic nitrogens is 2. The number of sulfonamides is 1. The molecule has 0 bridgehead atoms. The highest BCUT2D eigenvalue weighted by Crippen LogP contribution is 2.24. The Morgan fingerprint density at radius 1 is 1.21 bits per heavy atom. The molecule has 0 amide bonds. The van der Waals surface area contributed by atoms with Crippen molar-refractivity contribution in [2.45, 2.75) is 18.2 Å². The summed E-state index contributed by atoms with van der Waals surface area (Å²) in [6.45, 7) is 1.92. The van der Waals surface area contributed by atoms with E-state index in [1.165, 1.54) is 30.7 Å². The van der Waals surface area contributed by atoms with Crippen molar-refractivity contribution in [3.8, 4) is 0 Å². The van der Waals surface area contributed by atoms with Crippen molar-refractivity contribution < 1.29 is 12.8 Å². The lowest BCUT2D eigenvalue weighted by molar-refractivity contribution is 0.520. The van der Waals surface area contributed by atoms with Gasteiger partial charge in [-0.2, -0.15) is 0 Å². The van der Waals surface area contributed by atoms with E-state index < -0.39 is 10.0 Å². The third-order valence-electron chi connectivity index (χ3n) is 4.00. The highest BCUT2D eigenvalue weighted by molar-refractivity contribution is 7.89. The first-order valence-corrected chi connectivity index (χ1v) is 8.87. The molecule has 0 aliphatic carbocycles. The van der Waals surface area contributed by atoms with Crippen LogP contribution >= 0.6 is 0 Å². The Bertz CT molecular complexity index is 993. The second kappa shape index (κ2) is 5.99. The molecule has 24 heavy (non-hydrogen) atoms. The molecule has 0 unspecified atom stereocenters. The monoisotopic (exact) mass is 347 g/mol. The first-order valence-electron chi connectivity index (χ1n) is 7.43. The number of pyridine rings is 1. The molecule has 3 aromatic rings. The Morgan fingerprint density at radius 3 is 2.50 bits per heavy atom. The van der Waals surface area contributed by atoms with Gasteiger partial charge in [-0.3, -0.25) is 4.98 Å². The molecule has 0 fully saturated rings. The van der Waals surface area contributed by atoms with E-state index in [1.54, 1.807) is 24.3 Å². The van der Waals surface area contributed by atoms with E-state index in [1.807, 2.05) is 6.92 Å².